The van der Waals surface area contributed by atoms with Crippen LogP contribution in [0, 0.1) is 0 Å². The highest BCUT2D eigenvalue weighted by molar-refractivity contribution is 6.30. The molecule has 1 aliphatic carbocycles. The molecule has 0 spiro atoms. The summed E-state index contributed by atoms with van der Waals surface area (Å²) in [6, 6.07) is 3.68. The third-order valence-electron chi connectivity index (χ3n) is 7.71. The lowest BCUT2D eigenvalue weighted by molar-refractivity contribution is 0.0183. The van der Waals surface area contributed by atoms with Gasteiger partial charge in [0.1, 0.15) is 10.8 Å². The van der Waals surface area contributed by atoms with Crippen LogP contribution in [0.15, 0.2) is 46.8 Å². The van der Waals surface area contributed by atoms with Gasteiger partial charge >= 0.3 is 6.09 Å². The molecule has 0 bridgehead atoms. The van der Waals surface area contributed by atoms with Crippen LogP contribution in [0.5, 0.6) is 0 Å². The number of carbonyl (C=O) groups is 1. The molecule has 3 aliphatic rings. The summed E-state index contributed by atoms with van der Waals surface area (Å²) in [6.45, 7) is 7.68. The SMILES string of the molecule is CN1Cc2c(cnn2C2CCN(C(=O)OC(C)(C)C)CC2)C2=C1C(Nc1cc(Cl)nc3cc[nH]c(=O)c13)=CCC2. The monoisotopic (exact) mass is 563 g/mol. The van der Waals surface area contributed by atoms with E-state index in [1.807, 2.05) is 27.0 Å². The van der Waals surface area contributed by atoms with Crippen molar-refractivity contribution in [3.8, 4) is 0 Å². The molecule has 210 valence electrons. The largest absolute Gasteiger partial charge is 0.444 e. The molecule has 0 saturated carbocycles. The van der Waals surface area contributed by atoms with Crippen molar-refractivity contribution in [3.63, 3.8) is 0 Å². The van der Waals surface area contributed by atoms with Crippen molar-refractivity contribution in [2.45, 2.75) is 64.6 Å². The lowest BCUT2D eigenvalue weighted by Crippen LogP contribution is -2.42. The number of carbonyl (C=O) groups excluding carboxylic acids is 1. The minimum absolute atomic E-state index is 0.215. The van der Waals surface area contributed by atoms with Gasteiger partial charge < -0.3 is 24.8 Å². The van der Waals surface area contributed by atoms with Crippen molar-refractivity contribution < 1.29 is 9.53 Å². The van der Waals surface area contributed by atoms with Gasteiger partial charge in [-0.2, -0.15) is 5.10 Å². The maximum absolute atomic E-state index is 12.7. The second-order valence-electron chi connectivity index (χ2n) is 11.7. The van der Waals surface area contributed by atoms with Crippen molar-refractivity contribution in [1.29, 1.82) is 0 Å². The highest BCUT2D eigenvalue weighted by Gasteiger charge is 2.34. The Morgan fingerprint density at radius 2 is 2.02 bits per heavy atom. The van der Waals surface area contributed by atoms with Gasteiger partial charge in [0.2, 0.25) is 0 Å². The van der Waals surface area contributed by atoms with Gasteiger partial charge in [-0.05, 0) is 64.2 Å². The lowest BCUT2D eigenvalue weighted by Gasteiger charge is -2.37. The molecule has 6 rings (SSSR count). The number of nitrogens with zero attached hydrogens (tertiary/aromatic N) is 5. The van der Waals surface area contributed by atoms with Crippen LogP contribution in [0.2, 0.25) is 5.15 Å². The number of rotatable bonds is 3. The van der Waals surface area contributed by atoms with Gasteiger partial charge in [0.05, 0.1) is 52.5 Å². The van der Waals surface area contributed by atoms with E-state index in [0.29, 0.717) is 41.4 Å². The number of fused-ring (bicyclic) bond motifs is 3. The van der Waals surface area contributed by atoms with E-state index in [9.17, 15) is 9.59 Å². The summed E-state index contributed by atoms with van der Waals surface area (Å²) in [4.78, 5) is 36.3. The van der Waals surface area contributed by atoms with Crippen LogP contribution < -0.4 is 10.9 Å². The second-order valence-corrected chi connectivity index (χ2v) is 12.1. The van der Waals surface area contributed by atoms with E-state index < -0.39 is 5.60 Å². The molecule has 11 heteroatoms. The van der Waals surface area contributed by atoms with E-state index in [1.54, 1.807) is 23.2 Å². The summed E-state index contributed by atoms with van der Waals surface area (Å²) < 4.78 is 7.74. The van der Waals surface area contributed by atoms with Gasteiger partial charge in [-0.25, -0.2) is 9.78 Å². The first-order valence-corrected chi connectivity index (χ1v) is 14.1. The number of hydrogen-bond acceptors (Lipinski definition) is 7. The van der Waals surface area contributed by atoms with Gasteiger partial charge in [-0.3, -0.25) is 9.48 Å². The topological polar surface area (TPSA) is 108 Å². The number of pyridine rings is 2. The fraction of sp³-hybridized carbons (Fsp3) is 0.448. The number of piperidine rings is 1. The molecule has 0 aromatic carbocycles. The number of halogens is 1. The van der Waals surface area contributed by atoms with Gasteiger partial charge in [0.15, 0.2) is 0 Å². The Kier molecular flexibility index (Phi) is 6.60. The minimum Gasteiger partial charge on any atom is -0.444 e. The minimum atomic E-state index is -0.500. The van der Waals surface area contributed by atoms with E-state index in [2.05, 4.69) is 38.0 Å². The molecule has 5 heterocycles. The van der Waals surface area contributed by atoms with Crippen LogP contribution in [-0.4, -0.2) is 61.4 Å². The number of nitrogens with one attached hydrogen (secondary N) is 2. The fourth-order valence-corrected chi connectivity index (χ4v) is 6.19. The first kappa shape index (κ1) is 26.4. The summed E-state index contributed by atoms with van der Waals surface area (Å²) in [5.41, 5.74) is 6.12. The van der Waals surface area contributed by atoms with Crippen molar-refractivity contribution in [2.75, 3.05) is 25.5 Å². The molecule has 0 unspecified atom stereocenters. The van der Waals surface area contributed by atoms with Crippen LogP contribution in [0.3, 0.4) is 0 Å². The molecule has 1 fully saturated rings. The first-order valence-electron chi connectivity index (χ1n) is 13.7. The van der Waals surface area contributed by atoms with E-state index in [0.717, 1.165) is 37.1 Å². The summed E-state index contributed by atoms with van der Waals surface area (Å²) in [6.07, 6.45) is 8.93. The maximum atomic E-state index is 12.7. The molecule has 2 N–H and O–H groups in total. The average molecular weight is 564 g/mol. The predicted octanol–water partition coefficient (Wildman–Crippen LogP) is 5.29. The number of allylic oxidation sites excluding steroid dienone is 2. The Labute approximate surface area is 237 Å². The van der Waals surface area contributed by atoms with Crippen LogP contribution in [0.25, 0.3) is 16.5 Å². The summed E-state index contributed by atoms with van der Waals surface area (Å²) in [5, 5.41) is 9.17. The molecular weight excluding hydrogens is 530 g/mol. The number of ether oxygens (including phenoxy) is 1. The molecular formula is C29H34ClN7O3. The molecule has 0 radical (unpaired) electrons. The van der Waals surface area contributed by atoms with Crippen LogP contribution >= 0.6 is 11.6 Å². The van der Waals surface area contributed by atoms with Gasteiger partial charge in [0, 0.05) is 31.9 Å². The van der Waals surface area contributed by atoms with Crippen LogP contribution in [-0.2, 0) is 11.3 Å². The average Bonchev–Trinajstić information content (AvgIpc) is 3.31. The Morgan fingerprint density at radius 3 is 2.77 bits per heavy atom. The molecule has 1 saturated heterocycles. The molecule has 40 heavy (non-hydrogen) atoms. The zero-order chi connectivity index (χ0) is 28.2. The number of likely N-dealkylation sites (N-methyl/N-ethyl adjacent to an activating group) is 1. The standard InChI is InChI=1S/C29H34ClN7O3/c1-29(2,3)40-28(39)36-12-9-17(10-13-36)37-23-16-35(4)26-18(19(23)15-32-37)6-5-7-21(26)33-22-14-24(30)34-20-8-11-31-27(38)25(20)22/h7-8,11,14-15,17H,5-6,9-10,12-13,16H2,1-4H3,(H,31,38)(H,33,34). The third kappa shape index (κ3) is 4.85. The highest BCUT2D eigenvalue weighted by atomic mass is 35.5. The Bertz CT molecular complexity index is 1610. The number of aromatic nitrogens is 4. The van der Waals surface area contributed by atoms with Crippen LogP contribution in [0.4, 0.5) is 10.5 Å². The zero-order valence-corrected chi connectivity index (χ0v) is 24.0. The highest BCUT2D eigenvalue weighted by Crippen LogP contribution is 2.42. The number of anilines is 1. The summed E-state index contributed by atoms with van der Waals surface area (Å²) in [5.74, 6) is 0. The van der Waals surface area contributed by atoms with E-state index in [-0.39, 0.29) is 17.7 Å². The quantitative estimate of drug-likeness (QED) is 0.417. The third-order valence-corrected chi connectivity index (χ3v) is 7.90. The van der Waals surface area contributed by atoms with E-state index in [4.69, 9.17) is 21.4 Å². The molecule has 3 aromatic heterocycles. The molecule has 2 aliphatic heterocycles. The van der Waals surface area contributed by atoms with Crippen molar-refractivity contribution in [2.24, 2.45) is 0 Å². The smallest absolute Gasteiger partial charge is 0.410 e. The van der Waals surface area contributed by atoms with Gasteiger partial charge in [-0.1, -0.05) is 17.7 Å². The fourth-order valence-electron chi connectivity index (χ4n) is 5.99. The van der Waals surface area contributed by atoms with E-state index >= 15 is 0 Å². The summed E-state index contributed by atoms with van der Waals surface area (Å²) in [7, 11) is 2.09. The Hall–Kier alpha value is -3.79. The number of hydrogen-bond donors (Lipinski definition) is 2. The maximum Gasteiger partial charge on any atom is 0.410 e. The van der Waals surface area contributed by atoms with E-state index in [1.165, 1.54) is 16.8 Å². The molecule has 10 nitrogen and oxygen atoms in total. The zero-order valence-electron chi connectivity index (χ0n) is 23.3. The Morgan fingerprint density at radius 1 is 1.25 bits per heavy atom. The van der Waals surface area contributed by atoms with Crippen molar-refractivity contribution >= 4 is 39.9 Å². The van der Waals surface area contributed by atoms with Gasteiger partial charge in [0.25, 0.3) is 5.56 Å². The van der Waals surface area contributed by atoms with Crippen molar-refractivity contribution in [1.82, 2.24) is 29.5 Å². The second kappa shape index (κ2) is 9.99. The molecule has 3 aromatic rings. The first-order chi connectivity index (χ1) is 19.1. The number of likely N-dealkylation sites (tertiary alicyclic amines) is 1. The Balaban J connectivity index is 1.26. The normalized spacial score (nSPS) is 18.0. The molecule has 1 amide bonds. The number of amides is 1. The summed E-state index contributed by atoms with van der Waals surface area (Å²) >= 11 is 6.31. The number of aromatic amines is 1. The van der Waals surface area contributed by atoms with Crippen molar-refractivity contribution in [3.05, 3.63) is 68.8 Å². The van der Waals surface area contributed by atoms with Gasteiger partial charge in [-0.15, -0.1) is 0 Å². The number of H-pyrrole nitrogens is 1. The predicted molar refractivity (Wildman–Crippen MR) is 155 cm³/mol. The van der Waals surface area contributed by atoms with Crippen LogP contribution in [0.1, 0.15) is 63.8 Å². The molecule has 0 atom stereocenters. The lowest BCUT2D eigenvalue weighted by atomic mass is 9.89.